The molecular formula is C15H23F3N4O5S. The van der Waals surface area contributed by atoms with Crippen molar-refractivity contribution < 1.29 is 36.2 Å². The van der Waals surface area contributed by atoms with Gasteiger partial charge in [-0.15, -0.1) is 0 Å². The van der Waals surface area contributed by atoms with Crippen LogP contribution in [0.5, 0.6) is 0 Å². The van der Waals surface area contributed by atoms with Gasteiger partial charge in [-0.25, -0.2) is 18.2 Å². The minimum atomic E-state index is -5.08. The van der Waals surface area contributed by atoms with Crippen molar-refractivity contribution in [1.82, 2.24) is 19.2 Å². The number of carboxylic acid groups (broad SMARTS) is 1. The summed E-state index contributed by atoms with van der Waals surface area (Å²) in [6.45, 7) is 5.26. The summed E-state index contributed by atoms with van der Waals surface area (Å²) in [7, 11) is -3.18. The van der Waals surface area contributed by atoms with Crippen LogP contribution in [0.1, 0.15) is 17.9 Å². The van der Waals surface area contributed by atoms with Crippen molar-refractivity contribution in [1.29, 1.82) is 0 Å². The normalized spacial score (nSPS) is 24.2. The number of ether oxygens (including phenoxy) is 1. The number of aryl methyl sites for hydroxylation is 1. The Labute approximate surface area is 160 Å². The third-order valence-electron chi connectivity index (χ3n) is 4.44. The molecule has 0 spiro atoms. The number of morpholine rings is 1. The molecule has 0 unspecified atom stereocenters. The average Bonchev–Trinajstić information content (AvgIpc) is 2.98. The largest absolute Gasteiger partial charge is 0.490 e. The highest BCUT2D eigenvalue weighted by Crippen LogP contribution is 2.25. The fraction of sp³-hybridized carbons (Fsp3) is 0.733. The number of carboxylic acids is 1. The van der Waals surface area contributed by atoms with Gasteiger partial charge < -0.3 is 14.8 Å². The van der Waals surface area contributed by atoms with Crippen LogP contribution in [0, 0.1) is 6.92 Å². The molecule has 2 aliphatic heterocycles. The zero-order valence-corrected chi connectivity index (χ0v) is 16.3. The molecule has 2 N–H and O–H groups in total. The molecule has 0 bridgehead atoms. The van der Waals surface area contributed by atoms with Gasteiger partial charge in [0.15, 0.2) is 0 Å². The molecule has 0 saturated carbocycles. The van der Waals surface area contributed by atoms with Crippen LogP contribution in [0.4, 0.5) is 13.2 Å². The van der Waals surface area contributed by atoms with Gasteiger partial charge in [-0.05, 0) is 13.3 Å². The second-order valence-corrected chi connectivity index (χ2v) is 8.61. The van der Waals surface area contributed by atoms with Crippen molar-refractivity contribution in [2.45, 2.75) is 38.2 Å². The molecule has 3 rings (SSSR count). The van der Waals surface area contributed by atoms with E-state index in [9.17, 15) is 21.6 Å². The van der Waals surface area contributed by atoms with E-state index in [0.29, 0.717) is 19.7 Å². The van der Waals surface area contributed by atoms with E-state index in [0.717, 1.165) is 31.0 Å². The number of halogens is 3. The number of nitrogens with zero attached hydrogens (tertiary/aromatic N) is 3. The van der Waals surface area contributed by atoms with E-state index >= 15 is 0 Å². The van der Waals surface area contributed by atoms with Crippen molar-refractivity contribution >= 4 is 16.0 Å². The van der Waals surface area contributed by atoms with Crippen LogP contribution in [0.3, 0.4) is 0 Å². The number of aliphatic carboxylic acids is 1. The lowest BCUT2D eigenvalue weighted by molar-refractivity contribution is -0.192. The lowest BCUT2D eigenvalue weighted by atomic mass is 10.0. The monoisotopic (exact) mass is 428 g/mol. The van der Waals surface area contributed by atoms with Gasteiger partial charge in [0.1, 0.15) is 5.82 Å². The molecule has 0 aliphatic carbocycles. The zero-order valence-electron chi connectivity index (χ0n) is 15.4. The first-order chi connectivity index (χ1) is 12.9. The summed E-state index contributed by atoms with van der Waals surface area (Å²) in [5, 5.41) is 7.12. The summed E-state index contributed by atoms with van der Waals surface area (Å²) in [5.74, 6) is -1.86. The van der Waals surface area contributed by atoms with E-state index in [4.69, 9.17) is 14.6 Å². The van der Waals surface area contributed by atoms with Gasteiger partial charge in [0, 0.05) is 38.1 Å². The minimum absolute atomic E-state index is 0.0215. The number of hydrogen-bond donors (Lipinski definition) is 2. The van der Waals surface area contributed by atoms with E-state index in [1.165, 1.54) is 6.26 Å². The maximum atomic E-state index is 11.9. The number of hydrogen-bond acceptors (Lipinski definition) is 6. The highest BCUT2D eigenvalue weighted by molar-refractivity contribution is 7.88. The molecule has 0 radical (unpaired) electrons. The Morgan fingerprint density at radius 3 is 2.57 bits per heavy atom. The first-order valence-electron chi connectivity index (χ1n) is 8.49. The molecule has 13 heteroatoms. The van der Waals surface area contributed by atoms with Crippen LogP contribution in [0.25, 0.3) is 0 Å². The molecule has 28 heavy (non-hydrogen) atoms. The number of carbonyl (C=O) groups is 1. The first kappa shape index (κ1) is 22.6. The lowest BCUT2D eigenvalue weighted by Gasteiger charge is -2.45. The number of piperidine rings is 1. The highest BCUT2D eigenvalue weighted by Gasteiger charge is 2.41. The van der Waals surface area contributed by atoms with Gasteiger partial charge in [-0.3, -0.25) is 4.90 Å². The summed E-state index contributed by atoms with van der Waals surface area (Å²) in [4.78, 5) is 18.6. The number of aromatic amines is 1. The van der Waals surface area contributed by atoms with Crippen molar-refractivity contribution in [3.63, 3.8) is 0 Å². The molecule has 1 aromatic heterocycles. The number of nitrogens with one attached hydrogen (secondary N) is 1. The van der Waals surface area contributed by atoms with E-state index < -0.39 is 22.2 Å². The summed E-state index contributed by atoms with van der Waals surface area (Å²) in [6, 6.07) is -0.0773. The molecule has 3 heterocycles. The Hall–Kier alpha value is -1.70. The topological polar surface area (TPSA) is 116 Å². The third kappa shape index (κ3) is 6.15. The van der Waals surface area contributed by atoms with E-state index in [1.54, 1.807) is 4.31 Å². The summed E-state index contributed by atoms with van der Waals surface area (Å²) in [5.41, 5.74) is 1.06. The number of likely N-dealkylation sites (tertiary alicyclic amines) is 1. The van der Waals surface area contributed by atoms with Gasteiger partial charge in [0.05, 0.1) is 25.0 Å². The first-order valence-corrected chi connectivity index (χ1v) is 10.3. The van der Waals surface area contributed by atoms with Crippen molar-refractivity contribution in [3.8, 4) is 0 Å². The SMILES string of the molecule is Cc1ncc(CN2CC[C@@H]3OCCN(S(C)(=O)=O)[C@H]3C2)[nH]1.O=C(O)C(F)(F)F. The average molecular weight is 428 g/mol. The number of alkyl halides is 3. The number of fused-ring (bicyclic) bond motifs is 1. The van der Waals surface area contributed by atoms with Crippen LogP contribution in [0.15, 0.2) is 6.20 Å². The van der Waals surface area contributed by atoms with Gasteiger partial charge in [-0.2, -0.15) is 17.5 Å². The molecule has 1 aromatic rings. The van der Waals surface area contributed by atoms with Crippen LogP contribution >= 0.6 is 0 Å². The molecular weight excluding hydrogens is 405 g/mol. The molecule has 2 fully saturated rings. The Bertz CT molecular complexity index is 783. The lowest BCUT2D eigenvalue weighted by Crippen LogP contribution is -2.60. The van der Waals surface area contributed by atoms with Gasteiger partial charge in [0.2, 0.25) is 10.0 Å². The highest BCUT2D eigenvalue weighted by atomic mass is 32.2. The molecule has 2 saturated heterocycles. The van der Waals surface area contributed by atoms with Crippen molar-refractivity contribution in [3.05, 3.63) is 17.7 Å². The number of rotatable bonds is 3. The maximum Gasteiger partial charge on any atom is 0.490 e. The third-order valence-corrected chi connectivity index (χ3v) is 5.74. The number of imidazole rings is 1. The summed E-state index contributed by atoms with van der Waals surface area (Å²) < 4.78 is 63.0. The molecule has 0 amide bonds. The van der Waals surface area contributed by atoms with Gasteiger partial charge in [-0.1, -0.05) is 0 Å². The maximum absolute atomic E-state index is 11.9. The Morgan fingerprint density at radius 2 is 2.07 bits per heavy atom. The number of aromatic nitrogens is 2. The zero-order chi connectivity index (χ0) is 21.1. The molecule has 2 aliphatic rings. The number of sulfonamides is 1. The molecule has 160 valence electrons. The summed E-state index contributed by atoms with van der Waals surface area (Å²) >= 11 is 0. The Kier molecular flexibility index (Phi) is 7.07. The Morgan fingerprint density at radius 1 is 1.43 bits per heavy atom. The van der Waals surface area contributed by atoms with Crippen molar-refractivity contribution in [2.75, 3.05) is 32.5 Å². The molecule has 0 aromatic carbocycles. The predicted octanol–water partition coefficient (Wildman–Crippen LogP) is 0.586. The van der Waals surface area contributed by atoms with Crippen molar-refractivity contribution in [2.24, 2.45) is 0 Å². The molecule has 9 nitrogen and oxygen atoms in total. The summed E-state index contributed by atoms with van der Waals surface area (Å²) in [6.07, 6.45) is -1.07. The van der Waals surface area contributed by atoms with Crippen LogP contribution in [-0.4, -0.2) is 89.5 Å². The second-order valence-electron chi connectivity index (χ2n) is 6.67. The van der Waals surface area contributed by atoms with Crippen LogP contribution in [-0.2, 0) is 26.1 Å². The fourth-order valence-corrected chi connectivity index (χ4v) is 4.36. The predicted molar refractivity (Wildman–Crippen MR) is 92.0 cm³/mol. The van der Waals surface area contributed by atoms with E-state index in [2.05, 4.69) is 14.9 Å². The Balaban J connectivity index is 0.000000345. The smallest absolute Gasteiger partial charge is 0.475 e. The van der Waals surface area contributed by atoms with E-state index in [1.807, 2.05) is 13.1 Å². The van der Waals surface area contributed by atoms with Crippen LogP contribution in [0.2, 0.25) is 0 Å². The number of H-pyrrole nitrogens is 1. The minimum Gasteiger partial charge on any atom is -0.475 e. The fourth-order valence-electron chi connectivity index (χ4n) is 3.25. The van der Waals surface area contributed by atoms with Gasteiger partial charge in [0.25, 0.3) is 0 Å². The quantitative estimate of drug-likeness (QED) is 0.724. The van der Waals surface area contributed by atoms with Crippen LogP contribution < -0.4 is 0 Å². The molecule has 2 atom stereocenters. The van der Waals surface area contributed by atoms with E-state index in [-0.39, 0.29) is 12.1 Å². The standard InChI is InChI=1S/C13H22N4O3S.C2HF3O2/c1-10-14-7-11(15-10)8-16-4-3-13-12(9-16)17(5-6-20-13)21(2,18)19;3-2(4,5)1(6)7/h7,12-13H,3-6,8-9H2,1-2H3,(H,14,15);(H,6,7)/t12-,13-;/m0./s1. The van der Waals surface area contributed by atoms with Gasteiger partial charge >= 0.3 is 12.1 Å². The second kappa shape index (κ2) is 8.76.